The van der Waals surface area contributed by atoms with E-state index in [4.69, 9.17) is 5.73 Å². The molecule has 96 valence electrons. The Bertz CT molecular complexity index is 626. The van der Waals surface area contributed by atoms with E-state index in [9.17, 15) is 5.26 Å². The van der Waals surface area contributed by atoms with Crippen molar-refractivity contribution in [1.82, 2.24) is 0 Å². The third kappa shape index (κ3) is 2.69. The Morgan fingerprint density at radius 3 is 2.58 bits per heavy atom. The van der Waals surface area contributed by atoms with E-state index < -0.39 is 0 Å². The molecular weight excluding hydrogens is 234 g/mol. The maximum atomic E-state index is 9.21. The van der Waals surface area contributed by atoms with Crippen LogP contribution in [0, 0.1) is 18.3 Å². The highest BCUT2D eigenvalue weighted by atomic mass is 15.1. The standard InChI is InChI=1S/C16H17N3/c1-12-6-5-8-13(10-17)16(12)19(2)11-14-7-3-4-9-15(14)18/h3-9H,11,18H2,1-2H3. The SMILES string of the molecule is Cc1cccc(C#N)c1N(C)Cc1ccccc1N. The number of aryl methyl sites for hydroxylation is 1. The molecule has 0 aliphatic heterocycles. The van der Waals surface area contributed by atoms with Gasteiger partial charge in [0.25, 0.3) is 0 Å². The maximum Gasteiger partial charge on any atom is 0.101 e. The normalized spacial score (nSPS) is 9.95. The Morgan fingerprint density at radius 2 is 1.89 bits per heavy atom. The van der Waals surface area contributed by atoms with Gasteiger partial charge in [0.2, 0.25) is 0 Å². The average molecular weight is 251 g/mol. The van der Waals surface area contributed by atoms with Crippen LogP contribution in [0.3, 0.4) is 0 Å². The van der Waals surface area contributed by atoms with Crippen molar-refractivity contribution >= 4 is 11.4 Å². The summed E-state index contributed by atoms with van der Waals surface area (Å²) in [5.41, 5.74) is 10.6. The largest absolute Gasteiger partial charge is 0.398 e. The zero-order valence-corrected chi connectivity index (χ0v) is 11.2. The van der Waals surface area contributed by atoms with Crippen LogP contribution in [-0.4, -0.2) is 7.05 Å². The van der Waals surface area contributed by atoms with Crippen LogP contribution < -0.4 is 10.6 Å². The molecule has 0 atom stereocenters. The van der Waals surface area contributed by atoms with Crippen molar-refractivity contribution < 1.29 is 0 Å². The molecule has 0 spiro atoms. The second kappa shape index (κ2) is 5.45. The van der Waals surface area contributed by atoms with E-state index in [-0.39, 0.29) is 0 Å². The predicted molar refractivity (Wildman–Crippen MR) is 78.9 cm³/mol. The van der Waals surface area contributed by atoms with E-state index in [2.05, 4.69) is 11.0 Å². The first-order valence-electron chi connectivity index (χ1n) is 6.17. The number of nitrogen functional groups attached to an aromatic ring is 1. The zero-order chi connectivity index (χ0) is 13.8. The number of hydrogen-bond donors (Lipinski definition) is 1. The van der Waals surface area contributed by atoms with Gasteiger partial charge in [-0.25, -0.2) is 0 Å². The molecule has 0 saturated carbocycles. The summed E-state index contributed by atoms with van der Waals surface area (Å²) in [4.78, 5) is 2.07. The molecule has 2 N–H and O–H groups in total. The Hall–Kier alpha value is -2.47. The zero-order valence-electron chi connectivity index (χ0n) is 11.2. The molecule has 3 heteroatoms. The summed E-state index contributed by atoms with van der Waals surface area (Å²) < 4.78 is 0. The average Bonchev–Trinajstić information content (AvgIpc) is 2.40. The first kappa shape index (κ1) is 13.0. The highest BCUT2D eigenvalue weighted by Gasteiger charge is 2.11. The van der Waals surface area contributed by atoms with Crippen LogP contribution in [0.1, 0.15) is 16.7 Å². The van der Waals surface area contributed by atoms with Gasteiger partial charge in [-0.3, -0.25) is 0 Å². The molecule has 2 aromatic carbocycles. The van der Waals surface area contributed by atoms with Crippen LogP contribution in [0.25, 0.3) is 0 Å². The molecule has 3 nitrogen and oxygen atoms in total. The fourth-order valence-corrected chi connectivity index (χ4v) is 2.27. The van der Waals surface area contributed by atoms with Gasteiger partial charge in [-0.1, -0.05) is 30.3 Å². The first-order chi connectivity index (χ1) is 9.13. The monoisotopic (exact) mass is 251 g/mol. The lowest BCUT2D eigenvalue weighted by Gasteiger charge is -2.23. The topological polar surface area (TPSA) is 53.0 Å². The van der Waals surface area contributed by atoms with Crippen LogP contribution in [0.15, 0.2) is 42.5 Å². The van der Waals surface area contributed by atoms with E-state index in [0.29, 0.717) is 12.1 Å². The molecule has 0 radical (unpaired) electrons. The molecule has 2 rings (SSSR count). The first-order valence-corrected chi connectivity index (χ1v) is 6.17. The lowest BCUT2D eigenvalue weighted by atomic mass is 10.1. The third-order valence-corrected chi connectivity index (χ3v) is 3.20. The summed E-state index contributed by atoms with van der Waals surface area (Å²) >= 11 is 0. The van der Waals surface area contributed by atoms with Gasteiger partial charge >= 0.3 is 0 Å². The van der Waals surface area contributed by atoms with Crippen molar-refractivity contribution in [2.24, 2.45) is 0 Å². The molecule has 0 heterocycles. The van der Waals surface area contributed by atoms with Gasteiger partial charge in [0.1, 0.15) is 6.07 Å². The molecule has 0 aliphatic rings. The molecule has 19 heavy (non-hydrogen) atoms. The minimum atomic E-state index is 0.687. The summed E-state index contributed by atoms with van der Waals surface area (Å²) in [6.07, 6.45) is 0. The summed E-state index contributed by atoms with van der Waals surface area (Å²) in [7, 11) is 1.98. The van der Waals surface area contributed by atoms with E-state index in [1.54, 1.807) is 0 Å². The van der Waals surface area contributed by atoms with Gasteiger partial charge < -0.3 is 10.6 Å². The lowest BCUT2D eigenvalue weighted by Crippen LogP contribution is -2.19. The quantitative estimate of drug-likeness (QED) is 0.853. The van der Waals surface area contributed by atoms with Gasteiger partial charge in [-0.2, -0.15) is 5.26 Å². The number of rotatable bonds is 3. The molecule has 2 aromatic rings. The van der Waals surface area contributed by atoms with Crippen molar-refractivity contribution in [2.45, 2.75) is 13.5 Å². The van der Waals surface area contributed by atoms with Crippen LogP contribution in [0.2, 0.25) is 0 Å². The number of hydrogen-bond acceptors (Lipinski definition) is 3. The second-order valence-corrected chi connectivity index (χ2v) is 4.64. The van der Waals surface area contributed by atoms with E-state index in [1.165, 1.54) is 0 Å². The molecular formula is C16H17N3. The fourth-order valence-electron chi connectivity index (χ4n) is 2.27. The van der Waals surface area contributed by atoms with Crippen molar-refractivity contribution in [2.75, 3.05) is 17.7 Å². The fraction of sp³-hybridized carbons (Fsp3) is 0.188. The number of benzene rings is 2. The number of para-hydroxylation sites is 2. The van der Waals surface area contributed by atoms with Gasteiger partial charge in [-0.05, 0) is 30.2 Å². The van der Waals surface area contributed by atoms with Crippen molar-refractivity contribution in [1.29, 1.82) is 5.26 Å². The third-order valence-electron chi connectivity index (χ3n) is 3.20. The minimum Gasteiger partial charge on any atom is -0.398 e. The van der Waals surface area contributed by atoms with Crippen molar-refractivity contribution in [3.8, 4) is 6.07 Å². The van der Waals surface area contributed by atoms with Gasteiger partial charge in [0, 0.05) is 19.3 Å². The predicted octanol–water partition coefficient (Wildman–Crippen LogP) is 3.09. The number of nitrogens with two attached hydrogens (primary N) is 1. The minimum absolute atomic E-state index is 0.687. The lowest BCUT2D eigenvalue weighted by molar-refractivity contribution is 0.917. The molecule has 0 fully saturated rings. The molecule has 0 unspecified atom stereocenters. The highest BCUT2D eigenvalue weighted by molar-refractivity contribution is 5.64. The maximum absolute atomic E-state index is 9.21. The highest BCUT2D eigenvalue weighted by Crippen LogP contribution is 2.26. The van der Waals surface area contributed by atoms with Crippen molar-refractivity contribution in [3.63, 3.8) is 0 Å². The molecule has 0 aromatic heterocycles. The van der Waals surface area contributed by atoms with Crippen LogP contribution in [0.5, 0.6) is 0 Å². The summed E-state index contributed by atoms with van der Waals surface area (Å²) in [6, 6.07) is 15.8. The van der Waals surface area contributed by atoms with E-state index in [1.807, 2.05) is 56.4 Å². The molecule has 0 aliphatic carbocycles. The van der Waals surface area contributed by atoms with Gasteiger partial charge in [0.05, 0.1) is 11.3 Å². The number of nitriles is 1. The van der Waals surface area contributed by atoms with Crippen molar-refractivity contribution in [3.05, 3.63) is 59.2 Å². The number of anilines is 2. The number of nitrogens with zero attached hydrogens (tertiary/aromatic N) is 2. The molecule has 0 amide bonds. The Morgan fingerprint density at radius 1 is 1.16 bits per heavy atom. The molecule has 0 saturated heterocycles. The van der Waals surface area contributed by atoms with E-state index >= 15 is 0 Å². The summed E-state index contributed by atoms with van der Waals surface area (Å²) in [5, 5.41) is 9.21. The van der Waals surface area contributed by atoms with E-state index in [0.717, 1.165) is 22.5 Å². The summed E-state index contributed by atoms with van der Waals surface area (Å²) in [6.45, 7) is 2.70. The van der Waals surface area contributed by atoms with Gasteiger partial charge in [0.15, 0.2) is 0 Å². The Labute approximate surface area is 113 Å². The Kier molecular flexibility index (Phi) is 3.72. The van der Waals surface area contributed by atoms with Crippen LogP contribution in [-0.2, 0) is 6.54 Å². The van der Waals surface area contributed by atoms with Crippen LogP contribution in [0.4, 0.5) is 11.4 Å². The second-order valence-electron chi connectivity index (χ2n) is 4.64. The Balaban J connectivity index is 2.34. The summed E-state index contributed by atoms with van der Waals surface area (Å²) in [5.74, 6) is 0. The van der Waals surface area contributed by atoms with Crippen LogP contribution >= 0.6 is 0 Å². The smallest absolute Gasteiger partial charge is 0.101 e. The molecule has 0 bridgehead atoms. The van der Waals surface area contributed by atoms with Gasteiger partial charge in [-0.15, -0.1) is 0 Å².